The maximum atomic E-state index is 10.6. The molecule has 1 N–H and O–H groups in total. The van der Waals surface area contributed by atoms with Gasteiger partial charge in [-0.2, -0.15) is 0 Å². The molecule has 1 aliphatic heterocycles. The number of aliphatic hydroxyl groups excluding tert-OH is 1. The lowest BCUT2D eigenvalue weighted by Gasteiger charge is -2.37. The van der Waals surface area contributed by atoms with Crippen LogP contribution in [-0.2, 0) is 0 Å². The van der Waals surface area contributed by atoms with Gasteiger partial charge in [0.05, 0.1) is 20.3 Å². The number of hydrogen-bond acceptors (Lipinski definition) is 4. The summed E-state index contributed by atoms with van der Waals surface area (Å²) >= 11 is 0. The highest BCUT2D eigenvalue weighted by atomic mass is 16.5. The Balaban J connectivity index is 2.04. The largest absolute Gasteiger partial charge is 0.497 e. The molecule has 0 amide bonds. The van der Waals surface area contributed by atoms with Gasteiger partial charge in [0, 0.05) is 12.1 Å². The molecule has 4 heteroatoms. The zero-order chi connectivity index (χ0) is 15.5. The molecule has 1 heterocycles. The van der Waals surface area contributed by atoms with Crippen molar-refractivity contribution in [2.75, 3.05) is 33.9 Å². The Morgan fingerprint density at radius 1 is 1.19 bits per heavy atom. The van der Waals surface area contributed by atoms with Crippen LogP contribution in [0.25, 0.3) is 0 Å². The highest BCUT2D eigenvalue weighted by Crippen LogP contribution is 2.33. The lowest BCUT2D eigenvalue weighted by Crippen LogP contribution is -2.39. The second kappa shape index (κ2) is 6.67. The minimum Gasteiger partial charge on any atom is -0.497 e. The standard InChI is InChI=1S/C17H27NO3/c1-17(2)7-9-18(10-8-17)12-15(19)14-11-13(20-3)5-6-16(14)21-4/h5-6,11,15,19H,7-10,12H2,1-4H3. The Bertz CT molecular complexity index is 463. The molecule has 1 atom stereocenters. The molecule has 1 aliphatic rings. The molecule has 4 nitrogen and oxygen atoms in total. The first-order chi connectivity index (χ1) is 9.95. The average molecular weight is 293 g/mol. The molecule has 118 valence electrons. The highest BCUT2D eigenvalue weighted by Gasteiger charge is 2.27. The van der Waals surface area contributed by atoms with E-state index in [9.17, 15) is 5.11 Å². The molecule has 1 unspecified atom stereocenters. The van der Waals surface area contributed by atoms with Gasteiger partial charge < -0.3 is 19.5 Å². The summed E-state index contributed by atoms with van der Waals surface area (Å²) in [5.74, 6) is 1.45. The summed E-state index contributed by atoms with van der Waals surface area (Å²) in [4.78, 5) is 2.33. The van der Waals surface area contributed by atoms with Crippen molar-refractivity contribution in [1.29, 1.82) is 0 Å². The van der Waals surface area contributed by atoms with Gasteiger partial charge in [-0.1, -0.05) is 13.8 Å². The molecule has 0 radical (unpaired) electrons. The monoisotopic (exact) mass is 293 g/mol. The quantitative estimate of drug-likeness (QED) is 0.906. The fourth-order valence-electron chi connectivity index (χ4n) is 2.78. The van der Waals surface area contributed by atoms with Gasteiger partial charge in [0.25, 0.3) is 0 Å². The second-order valence-electron chi connectivity index (χ2n) is 6.59. The van der Waals surface area contributed by atoms with Crippen LogP contribution in [0.15, 0.2) is 18.2 Å². The Morgan fingerprint density at radius 2 is 1.86 bits per heavy atom. The SMILES string of the molecule is COc1ccc(OC)c(C(O)CN2CCC(C)(C)CC2)c1. The van der Waals surface area contributed by atoms with E-state index < -0.39 is 6.10 Å². The van der Waals surface area contributed by atoms with Crippen LogP contribution in [0.3, 0.4) is 0 Å². The topological polar surface area (TPSA) is 41.9 Å². The van der Waals surface area contributed by atoms with Gasteiger partial charge in [-0.05, 0) is 49.5 Å². The van der Waals surface area contributed by atoms with Crippen LogP contribution in [-0.4, -0.2) is 43.9 Å². The smallest absolute Gasteiger partial charge is 0.124 e. The summed E-state index contributed by atoms with van der Waals surface area (Å²) in [6.07, 6.45) is 1.79. The molecule has 0 spiro atoms. The number of rotatable bonds is 5. The van der Waals surface area contributed by atoms with Gasteiger partial charge in [0.1, 0.15) is 11.5 Å². The minimum absolute atomic E-state index is 0.426. The van der Waals surface area contributed by atoms with Crippen LogP contribution in [0, 0.1) is 5.41 Å². The molecule has 21 heavy (non-hydrogen) atoms. The number of likely N-dealkylation sites (tertiary alicyclic amines) is 1. The van der Waals surface area contributed by atoms with Crippen molar-refractivity contribution < 1.29 is 14.6 Å². The third kappa shape index (κ3) is 4.11. The molecule has 0 saturated carbocycles. The van der Waals surface area contributed by atoms with Crippen LogP contribution < -0.4 is 9.47 Å². The predicted octanol–water partition coefficient (Wildman–Crippen LogP) is 2.86. The number of aliphatic hydroxyl groups is 1. The normalized spacial score (nSPS) is 20.0. The van der Waals surface area contributed by atoms with Gasteiger partial charge in [-0.25, -0.2) is 0 Å². The van der Waals surface area contributed by atoms with Crippen LogP contribution in [0.5, 0.6) is 11.5 Å². The summed E-state index contributed by atoms with van der Waals surface area (Å²) in [5.41, 5.74) is 1.22. The van der Waals surface area contributed by atoms with Gasteiger partial charge in [0.15, 0.2) is 0 Å². The molecule has 0 aromatic heterocycles. The molecule has 1 saturated heterocycles. The maximum absolute atomic E-state index is 10.6. The van der Waals surface area contributed by atoms with Gasteiger partial charge in [-0.15, -0.1) is 0 Å². The number of piperidine rings is 1. The Kier molecular flexibility index (Phi) is 5.12. The minimum atomic E-state index is -0.559. The number of hydrogen-bond donors (Lipinski definition) is 1. The van der Waals surface area contributed by atoms with E-state index in [4.69, 9.17) is 9.47 Å². The number of methoxy groups -OCH3 is 2. The molecule has 1 aromatic carbocycles. The fraction of sp³-hybridized carbons (Fsp3) is 0.647. The van der Waals surface area contributed by atoms with Crippen LogP contribution >= 0.6 is 0 Å². The van der Waals surface area contributed by atoms with Crippen molar-refractivity contribution >= 4 is 0 Å². The van der Waals surface area contributed by atoms with Crippen molar-refractivity contribution in [1.82, 2.24) is 4.90 Å². The first kappa shape index (κ1) is 16.1. The van der Waals surface area contributed by atoms with Crippen molar-refractivity contribution in [2.24, 2.45) is 5.41 Å². The lowest BCUT2D eigenvalue weighted by molar-refractivity contribution is 0.0690. The highest BCUT2D eigenvalue weighted by molar-refractivity contribution is 5.41. The third-order valence-corrected chi connectivity index (χ3v) is 4.44. The zero-order valence-electron chi connectivity index (χ0n) is 13.6. The van der Waals surface area contributed by atoms with Crippen molar-refractivity contribution in [2.45, 2.75) is 32.8 Å². The average Bonchev–Trinajstić information content (AvgIpc) is 2.48. The summed E-state index contributed by atoms with van der Waals surface area (Å²) < 4.78 is 10.6. The predicted molar refractivity (Wildman–Crippen MR) is 84.0 cm³/mol. The van der Waals surface area contributed by atoms with E-state index in [0.29, 0.717) is 17.7 Å². The van der Waals surface area contributed by atoms with Crippen LogP contribution in [0.4, 0.5) is 0 Å². The Labute approximate surface area is 127 Å². The molecular weight excluding hydrogens is 266 g/mol. The summed E-state index contributed by atoms with van der Waals surface area (Å²) in [7, 11) is 3.26. The second-order valence-corrected chi connectivity index (χ2v) is 6.59. The number of ether oxygens (including phenoxy) is 2. The fourth-order valence-corrected chi connectivity index (χ4v) is 2.78. The number of benzene rings is 1. The molecule has 2 rings (SSSR count). The molecule has 0 aliphatic carbocycles. The van der Waals surface area contributed by atoms with E-state index in [0.717, 1.165) is 24.4 Å². The van der Waals surface area contributed by atoms with E-state index in [2.05, 4.69) is 18.7 Å². The van der Waals surface area contributed by atoms with Crippen LogP contribution in [0.2, 0.25) is 0 Å². The van der Waals surface area contributed by atoms with Crippen molar-refractivity contribution in [3.05, 3.63) is 23.8 Å². The zero-order valence-corrected chi connectivity index (χ0v) is 13.6. The molecular formula is C17H27NO3. The van der Waals surface area contributed by atoms with Crippen LogP contribution in [0.1, 0.15) is 38.4 Å². The van der Waals surface area contributed by atoms with E-state index in [1.807, 2.05) is 18.2 Å². The van der Waals surface area contributed by atoms with E-state index in [1.165, 1.54) is 12.8 Å². The Hall–Kier alpha value is -1.26. The first-order valence-electron chi connectivity index (χ1n) is 7.57. The summed E-state index contributed by atoms with van der Waals surface area (Å²) in [6.45, 7) is 7.34. The van der Waals surface area contributed by atoms with Gasteiger partial charge >= 0.3 is 0 Å². The van der Waals surface area contributed by atoms with E-state index in [-0.39, 0.29) is 0 Å². The number of β-amino-alcohol motifs (C(OH)–C–C–N with tert-alkyl or cyclic N) is 1. The summed E-state index contributed by atoms with van der Waals surface area (Å²) in [6, 6.07) is 5.55. The van der Waals surface area contributed by atoms with E-state index in [1.54, 1.807) is 14.2 Å². The van der Waals surface area contributed by atoms with Crippen molar-refractivity contribution in [3.63, 3.8) is 0 Å². The number of nitrogens with zero attached hydrogens (tertiary/aromatic N) is 1. The van der Waals surface area contributed by atoms with Crippen molar-refractivity contribution in [3.8, 4) is 11.5 Å². The molecule has 1 fully saturated rings. The molecule has 0 bridgehead atoms. The first-order valence-corrected chi connectivity index (χ1v) is 7.57. The summed E-state index contributed by atoms with van der Waals surface area (Å²) in [5, 5.41) is 10.6. The van der Waals surface area contributed by atoms with E-state index >= 15 is 0 Å². The van der Waals surface area contributed by atoms with Gasteiger partial charge in [-0.3, -0.25) is 0 Å². The lowest BCUT2D eigenvalue weighted by atomic mass is 9.82. The Morgan fingerprint density at radius 3 is 2.43 bits per heavy atom. The third-order valence-electron chi connectivity index (χ3n) is 4.44. The maximum Gasteiger partial charge on any atom is 0.124 e. The molecule has 1 aromatic rings. The van der Waals surface area contributed by atoms with Gasteiger partial charge in [0.2, 0.25) is 0 Å².